The molecule has 3 aromatic rings. The van der Waals surface area contributed by atoms with Gasteiger partial charge in [0.2, 0.25) is 0 Å². The number of anilines is 1. The van der Waals surface area contributed by atoms with Crippen LogP contribution in [-0.4, -0.2) is 18.5 Å². The molecular formula is C17H11ClFNO3S. The molecule has 0 saturated heterocycles. The van der Waals surface area contributed by atoms with Gasteiger partial charge in [-0.05, 0) is 18.2 Å². The summed E-state index contributed by atoms with van der Waals surface area (Å²) in [7, 11) is 0. The van der Waals surface area contributed by atoms with Gasteiger partial charge in [0.05, 0.1) is 10.7 Å². The standard InChI is InChI=1S/C17H11ClFNO3S/c18-15-10-5-1-4-8-13(10)24-16(15)17(22)23-9-14(21)20-12-7-3-2-6-11(12)19/h1-8H,9H2,(H,20,21). The number of carbonyl (C=O) groups excluding carboxylic acids is 2. The Kier molecular flexibility index (Phi) is 4.78. The minimum Gasteiger partial charge on any atom is -0.451 e. The van der Waals surface area contributed by atoms with Crippen molar-refractivity contribution in [3.05, 3.63) is 64.2 Å². The number of amides is 1. The molecule has 1 amide bonds. The highest BCUT2D eigenvalue weighted by atomic mass is 35.5. The van der Waals surface area contributed by atoms with Crippen LogP contribution in [0.4, 0.5) is 10.1 Å². The van der Waals surface area contributed by atoms with Crippen molar-refractivity contribution in [1.82, 2.24) is 0 Å². The third-order valence-corrected chi connectivity index (χ3v) is 4.86. The summed E-state index contributed by atoms with van der Waals surface area (Å²) in [5, 5.41) is 3.39. The molecule has 24 heavy (non-hydrogen) atoms. The third kappa shape index (κ3) is 3.39. The van der Waals surface area contributed by atoms with Crippen molar-refractivity contribution in [3.63, 3.8) is 0 Å². The van der Waals surface area contributed by atoms with Gasteiger partial charge in [0.15, 0.2) is 6.61 Å². The van der Waals surface area contributed by atoms with Crippen LogP contribution in [0, 0.1) is 5.82 Å². The van der Waals surface area contributed by atoms with Gasteiger partial charge in [0, 0.05) is 10.1 Å². The number of thiophene rings is 1. The average molecular weight is 364 g/mol. The molecule has 1 heterocycles. The van der Waals surface area contributed by atoms with E-state index in [0.717, 1.165) is 10.1 Å². The molecule has 0 saturated carbocycles. The highest BCUT2D eigenvalue weighted by Gasteiger charge is 2.19. The number of halogens is 2. The van der Waals surface area contributed by atoms with Gasteiger partial charge in [-0.25, -0.2) is 9.18 Å². The summed E-state index contributed by atoms with van der Waals surface area (Å²) in [6.07, 6.45) is 0. The molecule has 0 bridgehead atoms. The number of esters is 1. The normalized spacial score (nSPS) is 10.6. The number of fused-ring (bicyclic) bond motifs is 1. The summed E-state index contributed by atoms with van der Waals surface area (Å²) in [6.45, 7) is -0.530. The average Bonchev–Trinajstić information content (AvgIpc) is 2.92. The molecule has 1 aromatic heterocycles. The molecule has 3 rings (SSSR count). The lowest BCUT2D eigenvalue weighted by Crippen LogP contribution is -2.21. The van der Waals surface area contributed by atoms with Crippen molar-refractivity contribution in [2.45, 2.75) is 0 Å². The molecule has 0 unspecified atom stereocenters. The SMILES string of the molecule is O=C(COC(=O)c1sc2ccccc2c1Cl)Nc1ccccc1F. The smallest absolute Gasteiger partial charge is 0.350 e. The van der Waals surface area contributed by atoms with E-state index in [2.05, 4.69) is 5.32 Å². The molecule has 0 aliphatic carbocycles. The van der Waals surface area contributed by atoms with E-state index in [9.17, 15) is 14.0 Å². The van der Waals surface area contributed by atoms with Gasteiger partial charge in [0.25, 0.3) is 5.91 Å². The molecular weight excluding hydrogens is 353 g/mol. The van der Waals surface area contributed by atoms with Crippen molar-refractivity contribution in [3.8, 4) is 0 Å². The van der Waals surface area contributed by atoms with E-state index in [-0.39, 0.29) is 10.6 Å². The van der Waals surface area contributed by atoms with E-state index in [1.807, 2.05) is 18.2 Å². The molecule has 0 fully saturated rings. The first-order valence-electron chi connectivity index (χ1n) is 6.95. The fourth-order valence-electron chi connectivity index (χ4n) is 2.09. The van der Waals surface area contributed by atoms with E-state index < -0.39 is 24.3 Å². The van der Waals surface area contributed by atoms with Gasteiger partial charge in [0.1, 0.15) is 10.7 Å². The van der Waals surface area contributed by atoms with Crippen LogP contribution in [0.3, 0.4) is 0 Å². The van der Waals surface area contributed by atoms with Crippen molar-refractivity contribution >= 4 is 50.6 Å². The van der Waals surface area contributed by atoms with Crippen LogP contribution in [-0.2, 0) is 9.53 Å². The fourth-order valence-corrected chi connectivity index (χ4v) is 3.49. The van der Waals surface area contributed by atoms with E-state index in [1.54, 1.807) is 12.1 Å². The van der Waals surface area contributed by atoms with Crippen LogP contribution < -0.4 is 5.32 Å². The zero-order valence-electron chi connectivity index (χ0n) is 12.2. The molecule has 4 nitrogen and oxygen atoms in total. The van der Waals surface area contributed by atoms with Crippen LogP contribution in [0.2, 0.25) is 5.02 Å². The number of benzene rings is 2. The maximum absolute atomic E-state index is 13.4. The predicted octanol–water partition coefficient (Wildman–Crippen LogP) is 4.49. The first kappa shape index (κ1) is 16.4. The van der Waals surface area contributed by atoms with Crippen molar-refractivity contribution in [1.29, 1.82) is 0 Å². The Morgan fingerprint density at radius 3 is 2.58 bits per heavy atom. The summed E-state index contributed by atoms with van der Waals surface area (Å²) < 4.78 is 19.3. The summed E-state index contributed by atoms with van der Waals surface area (Å²) in [5.74, 6) is -1.89. The van der Waals surface area contributed by atoms with Crippen LogP contribution in [0.5, 0.6) is 0 Å². The Morgan fingerprint density at radius 1 is 1.12 bits per heavy atom. The highest BCUT2D eigenvalue weighted by molar-refractivity contribution is 7.21. The fraction of sp³-hybridized carbons (Fsp3) is 0.0588. The second kappa shape index (κ2) is 6.98. The lowest BCUT2D eigenvalue weighted by molar-refractivity contribution is -0.119. The molecule has 1 N–H and O–H groups in total. The Balaban J connectivity index is 1.65. The molecule has 0 radical (unpaired) electrons. The quantitative estimate of drug-likeness (QED) is 0.695. The van der Waals surface area contributed by atoms with Gasteiger partial charge in [-0.1, -0.05) is 41.9 Å². The van der Waals surface area contributed by atoms with Crippen LogP contribution in [0.1, 0.15) is 9.67 Å². The number of nitrogens with one attached hydrogen (secondary N) is 1. The van der Waals surface area contributed by atoms with Crippen LogP contribution >= 0.6 is 22.9 Å². The third-order valence-electron chi connectivity index (χ3n) is 3.20. The van der Waals surface area contributed by atoms with Crippen molar-refractivity contribution < 1.29 is 18.7 Å². The summed E-state index contributed by atoms with van der Waals surface area (Å²) >= 11 is 7.37. The second-order valence-corrected chi connectivity index (χ2v) is 6.28. The van der Waals surface area contributed by atoms with Gasteiger partial charge in [-0.2, -0.15) is 0 Å². The molecule has 122 valence electrons. The van der Waals surface area contributed by atoms with Gasteiger partial charge in [-0.15, -0.1) is 11.3 Å². The lowest BCUT2D eigenvalue weighted by Gasteiger charge is -2.06. The topological polar surface area (TPSA) is 55.4 Å². The van der Waals surface area contributed by atoms with Crippen molar-refractivity contribution in [2.75, 3.05) is 11.9 Å². The first-order chi connectivity index (χ1) is 11.6. The summed E-state index contributed by atoms with van der Waals surface area (Å²) in [6, 6.07) is 13.0. The van der Waals surface area contributed by atoms with Crippen molar-refractivity contribution in [2.24, 2.45) is 0 Å². The van der Waals surface area contributed by atoms with Gasteiger partial charge in [-0.3, -0.25) is 4.79 Å². The highest BCUT2D eigenvalue weighted by Crippen LogP contribution is 2.35. The molecule has 0 aliphatic rings. The monoisotopic (exact) mass is 363 g/mol. The largest absolute Gasteiger partial charge is 0.451 e. The van der Waals surface area contributed by atoms with E-state index in [0.29, 0.717) is 5.02 Å². The zero-order valence-corrected chi connectivity index (χ0v) is 13.8. The number of rotatable bonds is 4. The number of hydrogen-bond donors (Lipinski definition) is 1. The number of hydrogen-bond acceptors (Lipinski definition) is 4. The molecule has 0 aliphatic heterocycles. The second-order valence-electron chi connectivity index (χ2n) is 4.85. The zero-order chi connectivity index (χ0) is 17.1. The van der Waals surface area contributed by atoms with Gasteiger partial charge >= 0.3 is 5.97 Å². The molecule has 0 atom stereocenters. The van der Waals surface area contributed by atoms with Crippen LogP contribution in [0.15, 0.2) is 48.5 Å². The number of para-hydroxylation sites is 1. The lowest BCUT2D eigenvalue weighted by atomic mass is 10.2. The van der Waals surface area contributed by atoms with E-state index >= 15 is 0 Å². The Bertz CT molecular complexity index is 925. The minimum absolute atomic E-state index is 0.0263. The summed E-state index contributed by atoms with van der Waals surface area (Å²) in [5.41, 5.74) is 0.0263. The van der Waals surface area contributed by atoms with Gasteiger partial charge < -0.3 is 10.1 Å². The molecule has 0 spiro atoms. The van der Waals surface area contributed by atoms with E-state index in [1.165, 1.54) is 29.5 Å². The Hall–Kier alpha value is -2.44. The maximum atomic E-state index is 13.4. The molecule has 2 aromatic carbocycles. The Morgan fingerprint density at radius 2 is 1.83 bits per heavy atom. The molecule has 7 heteroatoms. The first-order valence-corrected chi connectivity index (χ1v) is 8.14. The summed E-state index contributed by atoms with van der Waals surface area (Å²) in [4.78, 5) is 24.1. The predicted molar refractivity (Wildman–Crippen MR) is 92.1 cm³/mol. The number of carbonyl (C=O) groups is 2. The minimum atomic E-state index is -0.690. The maximum Gasteiger partial charge on any atom is 0.350 e. The van der Waals surface area contributed by atoms with Crippen LogP contribution in [0.25, 0.3) is 10.1 Å². The van der Waals surface area contributed by atoms with E-state index in [4.69, 9.17) is 16.3 Å². The number of ether oxygens (including phenoxy) is 1. The Labute approximate surface area is 145 Å².